The fourth-order valence-electron chi connectivity index (χ4n) is 3.02. The van der Waals surface area contributed by atoms with Crippen LogP contribution in [0, 0.1) is 22.7 Å². The third-order valence-corrected chi connectivity index (χ3v) is 4.60. The molecular weight excluding hydrogens is 376 g/mol. The van der Waals surface area contributed by atoms with Gasteiger partial charge in [-0.1, -0.05) is 0 Å². The van der Waals surface area contributed by atoms with Crippen molar-refractivity contribution in [1.29, 1.82) is 10.5 Å². The van der Waals surface area contributed by atoms with Crippen molar-refractivity contribution in [2.24, 2.45) is 0 Å². The van der Waals surface area contributed by atoms with Crippen molar-refractivity contribution in [2.45, 2.75) is 6.42 Å². The molecule has 5 nitrogen and oxygen atoms in total. The van der Waals surface area contributed by atoms with E-state index in [4.69, 9.17) is 24.4 Å². The van der Waals surface area contributed by atoms with Crippen molar-refractivity contribution in [2.75, 3.05) is 13.2 Å². The first kappa shape index (κ1) is 19.1. The molecule has 3 aromatic carbocycles. The van der Waals surface area contributed by atoms with Crippen LogP contribution in [0.25, 0.3) is 22.3 Å². The van der Waals surface area contributed by atoms with Crippen LogP contribution in [-0.2, 0) is 0 Å². The van der Waals surface area contributed by atoms with Crippen LogP contribution in [0.5, 0.6) is 11.5 Å². The highest BCUT2D eigenvalue weighted by molar-refractivity contribution is 5.83. The molecule has 0 aliphatic rings. The summed E-state index contributed by atoms with van der Waals surface area (Å²) in [4.78, 5) is 0. The molecule has 0 N–H and O–H groups in total. The van der Waals surface area contributed by atoms with Gasteiger partial charge in [-0.05, 0) is 72.8 Å². The summed E-state index contributed by atoms with van der Waals surface area (Å²) in [6, 6.07) is 26.3. The Morgan fingerprint density at radius 2 is 1.30 bits per heavy atom. The van der Waals surface area contributed by atoms with Gasteiger partial charge in [-0.25, -0.2) is 0 Å². The average Bonchev–Trinajstić information content (AvgIpc) is 3.23. The Bertz CT molecular complexity index is 1230. The number of benzene rings is 3. The lowest BCUT2D eigenvalue weighted by Gasteiger charge is -2.08. The zero-order chi connectivity index (χ0) is 20.8. The molecule has 0 atom stereocenters. The zero-order valence-electron chi connectivity index (χ0n) is 16.2. The molecule has 0 aliphatic carbocycles. The molecule has 0 aliphatic heterocycles. The fourth-order valence-corrected chi connectivity index (χ4v) is 3.02. The van der Waals surface area contributed by atoms with Gasteiger partial charge >= 0.3 is 0 Å². The fraction of sp³-hybridized carbons (Fsp3) is 0.120. The Balaban J connectivity index is 1.28. The van der Waals surface area contributed by atoms with E-state index in [-0.39, 0.29) is 0 Å². The number of hydrogen-bond acceptors (Lipinski definition) is 5. The van der Waals surface area contributed by atoms with Gasteiger partial charge in [0.15, 0.2) is 0 Å². The Hall–Kier alpha value is -4.22. The van der Waals surface area contributed by atoms with Gasteiger partial charge in [0.1, 0.15) is 22.8 Å². The van der Waals surface area contributed by atoms with Gasteiger partial charge in [-0.3, -0.25) is 0 Å². The number of furan rings is 1. The molecule has 1 heterocycles. The maximum absolute atomic E-state index is 9.01. The first-order valence-corrected chi connectivity index (χ1v) is 9.55. The molecule has 5 heteroatoms. The summed E-state index contributed by atoms with van der Waals surface area (Å²) >= 11 is 0. The maximum atomic E-state index is 9.01. The van der Waals surface area contributed by atoms with Gasteiger partial charge in [0, 0.05) is 17.4 Å². The minimum Gasteiger partial charge on any atom is -0.493 e. The van der Waals surface area contributed by atoms with E-state index in [1.54, 1.807) is 36.4 Å². The summed E-state index contributed by atoms with van der Waals surface area (Å²) in [7, 11) is 0. The van der Waals surface area contributed by atoms with Crippen molar-refractivity contribution >= 4 is 11.0 Å². The normalized spacial score (nSPS) is 10.3. The Kier molecular flexibility index (Phi) is 5.64. The third kappa shape index (κ3) is 4.43. The number of nitrogens with zero attached hydrogens (tertiary/aromatic N) is 2. The van der Waals surface area contributed by atoms with Gasteiger partial charge in [-0.15, -0.1) is 0 Å². The SMILES string of the molecule is N#Cc1ccc(OCCCOc2ccc(-c3cc4ccc(C#N)cc4o3)cc2)cc1. The van der Waals surface area contributed by atoms with Crippen LogP contribution in [0.1, 0.15) is 17.5 Å². The van der Waals surface area contributed by atoms with E-state index < -0.39 is 0 Å². The summed E-state index contributed by atoms with van der Waals surface area (Å²) in [6.45, 7) is 1.07. The molecule has 4 aromatic rings. The maximum Gasteiger partial charge on any atom is 0.136 e. The quantitative estimate of drug-likeness (QED) is 0.376. The molecule has 0 amide bonds. The van der Waals surface area contributed by atoms with Crippen molar-refractivity contribution in [3.05, 3.63) is 83.9 Å². The largest absolute Gasteiger partial charge is 0.493 e. The van der Waals surface area contributed by atoms with E-state index in [0.29, 0.717) is 29.9 Å². The van der Waals surface area contributed by atoms with Crippen molar-refractivity contribution in [1.82, 2.24) is 0 Å². The zero-order valence-corrected chi connectivity index (χ0v) is 16.2. The van der Waals surface area contributed by atoms with E-state index in [2.05, 4.69) is 12.1 Å². The summed E-state index contributed by atoms with van der Waals surface area (Å²) < 4.78 is 17.3. The molecule has 0 saturated heterocycles. The summed E-state index contributed by atoms with van der Waals surface area (Å²) in [5.41, 5.74) is 2.84. The first-order chi connectivity index (χ1) is 14.7. The standard InChI is InChI=1S/C25H18N2O3/c26-16-18-3-8-22(9-4-18)28-12-1-13-29-23-10-6-20(7-11-23)25-15-21-5-2-19(17-27)14-24(21)30-25/h2-11,14-15H,1,12-13H2. The van der Waals surface area contributed by atoms with Gasteiger partial charge in [0.25, 0.3) is 0 Å². The van der Waals surface area contributed by atoms with Crippen molar-refractivity contribution in [3.63, 3.8) is 0 Å². The second-order valence-corrected chi connectivity index (χ2v) is 6.69. The molecule has 146 valence electrons. The smallest absolute Gasteiger partial charge is 0.136 e. The molecule has 0 fully saturated rings. The molecule has 0 radical (unpaired) electrons. The summed E-state index contributed by atoms with van der Waals surface area (Å²) in [5.74, 6) is 2.27. The lowest BCUT2D eigenvalue weighted by atomic mass is 10.1. The lowest BCUT2D eigenvalue weighted by molar-refractivity contribution is 0.247. The van der Waals surface area contributed by atoms with Crippen molar-refractivity contribution in [3.8, 4) is 35.0 Å². The number of hydrogen-bond donors (Lipinski definition) is 0. The highest BCUT2D eigenvalue weighted by Gasteiger charge is 2.07. The Morgan fingerprint density at radius 1 is 0.700 bits per heavy atom. The van der Waals surface area contributed by atoms with Crippen LogP contribution < -0.4 is 9.47 Å². The second-order valence-electron chi connectivity index (χ2n) is 6.69. The molecule has 0 bridgehead atoms. The third-order valence-electron chi connectivity index (χ3n) is 4.60. The van der Waals surface area contributed by atoms with Crippen LogP contribution in [0.2, 0.25) is 0 Å². The Morgan fingerprint density at radius 3 is 1.93 bits per heavy atom. The number of fused-ring (bicyclic) bond motifs is 1. The summed E-state index contributed by atoms with van der Waals surface area (Å²) in [5, 5.41) is 18.8. The predicted molar refractivity (Wildman–Crippen MR) is 113 cm³/mol. The van der Waals surface area contributed by atoms with E-state index in [9.17, 15) is 0 Å². The highest BCUT2D eigenvalue weighted by atomic mass is 16.5. The monoisotopic (exact) mass is 394 g/mol. The topological polar surface area (TPSA) is 79.2 Å². The highest BCUT2D eigenvalue weighted by Crippen LogP contribution is 2.29. The first-order valence-electron chi connectivity index (χ1n) is 9.55. The van der Waals surface area contributed by atoms with Gasteiger partial charge in [0.05, 0.1) is 36.5 Å². The van der Waals surface area contributed by atoms with Crippen LogP contribution >= 0.6 is 0 Å². The van der Waals surface area contributed by atoms with E-state index in [0.717, 1.165) is 34.6 Å². The Labute approximate surface area is 174 Å². The molecule has 0 saturated carbocycles. The van der Waals surface area contributed by atoms with Crippen LogP contribution in [-0.4, -0.2) is 13.2 Å². The number of nitriles is 2. The second kappa shape index (κ2) is 8.86. The van der Waals surface area contributed by atoms with E-state index in [1.807, 2.05) is 36.4 Å². The van der Waals surface area contributed by atoms with Crippen LogP contribution in [0.15, 0.2) is 77.2 Å². The van der Waals surface area contributed by atoms with Gasteiger partial charge in [-0.2, -0.15) is 10.5 Å². The molecule has 4 rings (SSSR count). The number of ether oxygens (including phenoxy) is 2. The van der Waals surface area contributed by atoms with Gasteiger partial charge < -0.3 is 13.9 Å². The predicted octanol–water partition coefficient (Wildman–Crippen LogP) is 5.69. The molecule has 0 unspecified atom stereocenters. The van der Waals surface area contributed by atoms with Gasteiger partial charge in [0.2, 0.25) is 0 Å². The van der Waals surface area contributed by atoms with E-state index >= 15 is 0 Å². The average molecular weight is 394 g/mol. The minimum atomic E-state index is 0.535. The lowest BCUT2D eigenvalue weighted by Crippen LogP contribution is -2.04. The van der Waals surface area contributed by atoms with Crippen LogP contribution in [0.3, 0.4) is 0 Å². The van der Waals surface area contributed by atoms with Crippen LogP contribution in [0.4, 0.5) is 0 Å². The minimum absolute atomic E-state index is 0.535. The molecule has 30 heavy (non-hydrogen) atoms. The number of rotatable bonds is 7. The summed E-state index contributed by atoms with van der Waals surface area (Å²) in [6.07, 6.45) is 0.743. The molecule has 0 spiro atoms. The molecular formula is C25H18N2O3. The van der Waals surface area contributed by atoms with E-state index in [1.165, 1.54) is 0 Å². The molecule has 1 aromatic heterocycles. The van der Waals surface area contributed by atoms with Crippen molar-refractivity contribution < 1.29 is 13.9 Å².